The van der Waals surface area contributed by atoms with Crippen LogP contribution in [0, 0.1) is 6.92 Å². The molecule has 1 aromatic carbocycles. The molecule has 0 radical (unpaired) electrons. The average molecular weight is 277 g/mol. The van der Waals surface area contributed by atoms with E-state index in [9.17, 15) is 0 Å². The smallest absolute Gasteiger partial charge is 0.222 e. The number of aromatic nitrogens is 6. The predicted octanol–water partition coefficient (Wildman–Crippen LogP) is 1.63. The summed E-state index contributed by atoms with van der Waals surface area (Å²) in [5.41, 5.74) is 10.1. The van der Waals surface area contributed by atoms with Crippen molar-refractivity contribution in [3.05, 3.63) is 42.2 Å². The highest BCUT2D eigenvalue weighted by molar-refractivity contribution is 5.86. The van der Waals surface area contributed by atoms with Crippen molar-refractivity contribution in [2.75, 3.05) is 5.73 Å². The number of fused-ring (bicyclic) bond motifs is 2. The van der Waals surface area contributed by atoms with Crippen molar-refractivity contribution < 1.29 is 0 Å². The fourth-order valence-corrected chi connectivity index (χ4v) is 2.39. The van der Waals surface area contributed by atoms with Crippen molar-refractivity contribution in [3.8, 4) is 11.3 Å². The molecule has 0 atom stereocenters. The normalized spacial score (nSPS) is 11.3. The van der Waals surface area contributed by atoms with E-state index >= 15 is 0 Å². The van der Waals surface area contributed by atoms with Gasteiger partial charge in [0.1, 0.15) is 0 Å². The van der Waals surface area contributed by atoms with Crippen molar-refractivity contribution in [2.45, 2.75) is 6.92 Å². The second-order valence-electron chi connectivity index (χ2n) is 4.80. The fraction of sp³-hybridized carbons (Fsp3) is 0.0714. The SMILES string of the molecule is Cc1ccnc2ccc(-c3cnc(N)c4nnnn34)cc12. The molecule has 4 aromatic rings. The molecule has 0 aliphatic heterocycles. The highest BCUT2D eigenvalue weighted by Crippen LogP contribution is 2.25. The molecule has 102 valence electrons. The largest absolute Gasteiger partial charge is 0.380 e. The maximum Gasteiger partial charge on any atom is 0.222 e. The molecule has 2 N–H and O–H groups in total. The van der Waals surface area contributed by atoms with E-state index in [-0.39, 0.29) is 0 Å². The van der Waals surface area contributed by atoms with Crippen LogP contribution in [0.5, 0.6) is 0 Å². The number of anilines is 1. The molecular weight excluding hydrogens is 266 g/mol. The monoisotopic (exact) mass is 277 g/mol. The zero-order valence-electron chi connectivity index (χ0n) is 11.2. The highest BCUT2D eigenvalue weighted by Gasteiger charge is 2.11. The topological polar surface area (TPSA) is 94.9 Å². The summed E-state index contributed by atoms with van der Waals surface area (Å²) in [6.45, 7) is 2.06. The Morgan fingerprint density at radius 2 is 2.05 bits per heavy atom. The number of hydrogen-bond acceptors (Lipinski definition) is 6. The second kappa shape index (κ2) is 4.20. The van der Waals surface area contributed by atoms with E-state index < -0.39 is 0 Å². The summed E-state index contributed by atoms with van der Waals surface area (Å²) in [6.07, 6.45) is 3.48. The van der Waals surface area contributed by atoms with Crippen LogP contribution in [-0.2, 0) is 0 Å². The zero-order chi connectivity index (χ0) is 14.4. The predicted molar refractivity (Wildman–Crippen MR) is 78.5 cm³/mol. The van der Waals surface area contributed by atoms with Gasteiger partial charge in [-0.1, -0.05) is 6.07 Å². The Morgan fingerprint density at radius 1 is 1.14 bits per heavy atom. The first-order valence-corrected chi connectivity index (χ1v) is 6.42. The Morgan fingerprint density at radius 3 is 2.95 bits per heavy atom. The number of tetrazole rings is 1. The van der Waals surface area contributed by atoms with Gasteiger partial charge in [0.15, 0.2) is 5.82 Å². The van der Waals surface area contributed by atoms with E-state index in [0.717, 1.165) is 22.2 Å². The molecule has 0 amide bonds. The number of rotatable bonds is 1. The lowest BCUT2D eigenvalue weighted by molar-refractivity contribution is 0.826. The minimum Gasteiger partial charge on any atom is -0.380 e. The molecule has 0 spiro atoms. The zero-order valence-corrected chi connectivity index (χ0v) is 11.2. The fourth-order valence-electron chi connectivity index (χ4n) is 2.39. The van der Waals surface area contributed by atoms with Crippen LogP contribution in [0.4, 0.5) is 5.82 Å². The third-order valence-electron chi connectivity index (χ3n) is 3.51. The molecule has 0 saturated heterocycles. The molecule has 0 aliphatic rings. The number of nitrogen functional groups attached to an aromatic ring is 1. The maximum absolute atomic E-state index is 5.78. The third kappa shape index (κ3) is 1.71. The summed E-state index contributed by atoms with van der Waals surface area (Å²) in [5, 5.41) is 12.6. The van der Waals surface area contributed by atoms with Gasteiger partial charge in [-0.15, -0.1) is 5.10 Å². The van der Waals surface area contributed by atoms with Gasteiger partial charge in [-0.2, -0.15) is 4.52 Å². The van der Waals surface area contributed by atoms with Crippen molar-refractivity contribution in [1.29, 1.82) is 0 Å². The van der Waals surface area contributed by atoms with Gasteiger partial charge in [-0.3, -0.25) is 4.98 Å². The van der Waals surface area contributed by atoms with Gasteiger partial charge in [-0.25, -0.2) is 4.98 Å². The van der Waals surface area contributed by atoms with Crippen LogP contribution in [-0.4, -0.2) is 30.0 Å². The Bertz CT molecular complexity index is 974. The Kier molecular flexibility index (Phi) is 2.34. The molecule has 0 saturated carbocycles. The van der Waals surface area contributed by atoms with Crippen molar-refractivity contribution in [3.63, 3.8) is 0 Å². The maximum atomic E-state index is 5.78. The first-order valence-electron chi connectivity index (χ1n) is 6.42. The number of benzene rings is 1. The summed E-state index contributed by atoms with van der Waals surface area (Å²) in [5.74, 6) is 0.308. The second-order valence-corrected chi connectivity index (χ2v) is 4.80. The molecule has 0 fully saturated rings. The Balaban J connectivity index is 2.02. The number of aryl methyl sites for hydroxylation is 1. The number of nitrogens with zero attached hydrogens (tertiary/aromatic N) is 6. The van der Waals surface area contributed by atoms with E-state index in [1.807, 2.05) is 24.4 Å². The lowest BCUT2D eigenvalue weighted by atomic mass is 10.1. The van der Waals surface area contributed by atoms with E-state index in [1.165, 1.54) is 5.56 Å². The highest BCUT2D eigenvalue weighted by atomic mass is 15.5. The molecule has 0 bridgehead atoms. The van der Waals surface area contributed by atoms with Crippen LogP contribution in [0.3, 0.4) is 0 Å². The van der Waals surface area contributed by atoms with Gasteiger partial charge in [0.05, 0.1) is 17.4 Å². The molecule has 7 nitrogen and oxygen atoms in total. The molecule has 3 aromatic heterocycles. The molecule has 0 aliphatic carbocycles. The minimum atomic E-state index is 0.308. The lowest BCUT2D eigenvalue weighted by Gasteiger charge is -2.07. The van der Waals surface area contributed by atoms with E-state index in [2.05, 4.69) is 38.5 Å². The van der Waals surface area contributed by atoms with E-state index in [0.29, 0.717) is 11.5 Å². The molecule has 0 unspecified atom stereocenters. The summed E-state index contributed by atoms with van der Waals surface area (Å²) >= 11 is 0. The molecule has 4 rings (SSSR count). The molecule has 21 heavy (non-hydrogen) atoms. The minimum absolute atomic E-state index is 0.308. The van der Waals surface area contributed by atoms with Gasteiger partial charge in [0.2, 0.25) is 5.65 Å². The van der Waals surface area contributed by atoms with Crippen LogP contribution in [0.25, 0.3) is 27.8 Å². The van der Waals surface area contributed by atoms with Crippen LogP contribution in [0.2, 0.25) is 0 Å². The number of hydrogen-bond donors (Lipinski definition) is 1. The van der Waals surface area contributed by atoms with Crippen molar-refractivity contribution in [1.82, 2.24) is 30.0 Å². The standard InChI is InChI=1S/C14H11N7/c1-8-4-5-16-11-3-2-9(6-10(8)11)12-7-17-13(15)14-18-19-20-21(12)14/h2-7H,1H3,(H2,15,17). The third-order valence-corrected chi connectivity index (χ3v) is 3.51. The van der Waals surface area contributed by atoms with Gasteiger partial charge >= 0.3 is 0 Å². The van der Waals surface area contributed by atoms with Crippen LogP contribution >= 0.6 is 0 Å². The summed E-state index contributed by atoms with van der Waals surface area (Å²) < 4.78 is 1.59. The average Bonchev–Trinajstić information content (AvgIpc) is 2.98. The van der Waals surface area contributed by atoms with Crippen LogP contribution in [0.15, 0.2) is 36.7 Å². The van der Waals surface area contributed by atoms with Gasteiger partial charge < -0.3 is 5.73 Å². The summed E-state index contributed by atoms with van der Waals surface area (Å²) in [7, 11) is 0. The summed E-state index contributed by atoms with van der Waals surface area (Å²) in [4.78, 5) is 8.52. The van der Waals surface area contributed by atoms with Crippen LogP contribution < -0.4 is 5.73 Å². The lowest BCUT2D eigenvalue weighted by Crippen LogP contribution is -2.01. The van der Waals surface area contributed by atoms with Crippen LogP contribution in [0.1, 0.15) is 5.56 Å². The van der Waals surface area contributed by atoms with Gasteiger partial charge in [0.25, 0.3) is 0 Å². The van der Waals surface area contributed by atoms with Gasteiger partial charge in [0, 0.05) is 17.1 Å². The Labute approximate surface area is 119 Å². The first kappa shape index (κ1) is 11.7. The summed E-state index contributed by atoms with van der Waals surface area (Å²) in [6, 6.07) is 8.00. The first-order chi connectivity index (χ1) is 10.2. The van der Waals surface area contributed by atoms with Crippen molar-refractivity contribution in [2.24, 2.45) is 0 Å². The quantitative estimate of drug-likeness (QED) is 0.568. The molecular formula is C14H11N7. The number of nitrogens with two attached hydrogens (primary N) is 1. The Hall–Kier alpha value is -3.09. The van der Waals surface area contributed by atoms with E-state index in [4.69, 9.17) is 5.73 Å². The van der Waals surface area contributed by atoms with E-state index in [1.54, 1.807) is 10.7 Å². The van der Waals surface area contributed by atoms with Crippen molar-refractivity contribution >= 4 is 22.4 Å². The van der Waals surface area contributed by atoms with Gasteiger partial charge in [-0.05, 0) is 41.1 Å². The molecule has 3 heterocycles. The number of pyridine rings is 1. The molecule has 7 heteroatoms.